The van der Waals surface area contributed by atoms with Gasteiger partial charge in [-0.15, -0.1) is 11.8 Å². The summed E-state index contributed by atoms with van der Waals surface area (Å²) < 4.78 is 11.4. The highest BCUT2D eigenvalue weighted by Gasteiger charge is 2.32. The van der Waals surface area contributed by atoms with Gasteiger partial charge in [-0.25, -0.2) is 0 Å². The third-order valence-corrected chi connectivity index (χ3v) is 6.02. The summed E-state index contributed by atoms with van der Waals surface area (Å²) in [6, 6.07) is 12.1. The molecule has 3 heterocycles. The average molecular weight is 343 g/mol. The molecule has 2 aliphatic rings. The normalized spacial score (nSPS) is 24.2. The van der Waals surface area contributed by atoms with Crippen LogP contribution in [-0.4, -0.2) is 36.3 Å². The molecule has 24 heavy (non-hydrogen) atoms. The van der Waals surface area contributed by atoms with E-state index in [2.05, 4.69) is 6.07 Å². The largest absolute Gasteiger partial charge is 0.468 e. The molecule has 0 N–H and O–H groups in total. The lowest BCUT2D eigenvalue weighted by Gasteiger charge is -2.30. The maximum atomic E-state index is 13.0. The molecule has 2 unspecified atom stereocenters. The van der Waals surface area contributed by atoms with E-state index in [4.69, 9.17) is 9.15 Å². The number of carbonyl (C=O) groups is 1. The summed E-state index contributed by atoms with van der Waals surface area (Å²) in [6.07, 6.45) is 3.07. The minimum atomic E-state index is -0.444. The highest BCUT2D eigenvalue weighted by Crippen LogP contribution is 2.36. The van der Waals surface area contributed by atoms with Crippen LogP contribution < -0.4 is 0 Å². The highest BCUT2D eigenvalue weighted by atomic mass is 32.2. The van der Waals surface area contributed by atoms with Crippen LogP contribution in [0.2, 0.25) is 0 Å². The summed E-state index contributed by atoms with van der Waals surface area (Å²) in [5.74, 6) is 2.03. The molecular formula is C19H21NO3S. The fourth-order valence-electron chi connectivity index (χ4n) is 3.46. The van der Waals surface area contributed by atoms with Gasteiger partial charge in [-0.2, -0.15) is 0 Å². The van der Waals surface area contributed by atoms with Gasteiger partial charge in [-0.3, -0.25) is 4.79 Å². The first-order valence-corrected chi connectivity index (χ1v) is 9.51. The van der Waals surface area contributed by atoms with Crippen LogP contribution in [0.1, 0.15) is 34.7 Å². The number of furan rings is 1. The van der Waals surface area contributed by atoms with E-state index >= 15 is 0 Å². The Morgan fingerprint density at radius 2 is 2.08 bits per heavy atom. The van der Waals surface area contributed by atoms with Gasteiger partial charge in [0.25, 0.3) is 5.91 Å². The Hall–Kier alpha value is -1.72. The zero-order valence-electron chi connectivity index (χ0n) is 13.5. The standard InChI is InChI=1S/C19H21NO3S/c21-19(18-15-5-2-1-4-14(15)8-12-23-18)20-9-7-17(24-13-10-20)16-6-3-11-22-16/h1-6,11,17-18H,7-10,12-13H2. The third-order valence-electron chi connectivity index (χ3n) is 4.73. The topological polar surface area (TPSA) is 42.7 Å². The summed E-state index contributed by atoms with van der Waals surface area (Å²) in [6.45, 7) is 2.13. The Balaban J connectivity index is 1.47. The SMILES string of the molecule is O=C(C1OCCc2ccccc21)N1CCSC(c2ccco2)CC1. The molecule has 0 radical (unpaired) electrons. The summed E-state index contributed by atoms with van der Waals surface area (Å²) in [5.41, 5.74) is 2.27. The van der Waals surface area contributed by atoms with Crippen molar-refractivity contribution in [2.24, 2.45) is 0 Å². The van der Waals surface area contributed by atoms with E-state index in [9.17, 15) is 4.79 Å². The van der Waals surface area contributed by atoms with Crippen molar-refractivity contribution < 1.29 is 13.9 Å². The number of fused-ring (bicyclic) bond motifs is 1. The minimum absolute atomic E-state index is 0.0999. The molecule has 2 aliphatic heterocycles. The van der Waals surface area contributed by atoms with Crippen LogP contribution in [0.15, 0.2) is 47.1 Å². The van der Waals surface area contributed by atoms with Gasteiger partial charge < -0.3 is 14.1 Å². The predicted octanol–water partition coefficient (Wildman–Crippen LogP) is 3.60. The fourth-order valence-corrected chi connectivity index (χ4v) is 4.64. The van der Waals surface area contributed by atoms with Gasteiger partial charge in [-0.1, -0.05) is 24.3 Å². The zero-order chi connectivity index (χ0) is 16.4. The number of hydrogen-bond acceptors (Lipinski definition) is 4. The number of hydrogen-bond donors (Lipinski definition) is 0. The van der Waals surface area contributed by atoms with Crippen molar-refractivity contribution >= 4 is 17.7 Å². The lowest BCUT2D eigenvalue weighted by molar-refractivity contribution is -0.144. The van der Waals surface area contributed by atoms with Crippen LogP contribution in [0.4, 0.5) is 0 Å². The zero-order valence-corrected chi connectivity index (χ0v) is 14.3. The smallest absolute Gasteiger partial charge is 0.256 e. The number of ether oxygens (including phenoxy) is 1. The van der Waals surface area contributed by atoms with Gasteiger partial charge in [-0.05, 0) is 36.1 Å². The predicted molar refractivity (Wildman–Crippen MR) is 93.9 cm³/mol. The second-order valence-corrected chi connectivity index (χ2v) is 7.50. The van der Waals surface area contributed by atoms with Crippen molar-refractivity contribution in [3.63, 3.8) is 0 Å². The molecule has 1 aromatic heterocycles. The van der Waals surface area contributed by atoms with Crippen LogP contribution in [0.25, 0.3) is 0 Å². The molecule has 4 nitrogen and oxygen atoms in total. The van der Waals surface area contributed by atoms with Crippen molar-refractivity contribution in [1.82, 2.24) is 4.90 Å². The van der Waals surface area contributed by atoms with Crippen LogP contribution >= 0.6 is 11.8 Å². The van der Waals surface area contributed by atoms with Crippen molar-refractivity contribution in [2.75, 3.05) is 25.4 Å². The molecule has 0 aliphatic carbocycles. The van der Waals surface area contributed by atoms with E-state index in [1.54, 1.807) is 6.26 Å². The van der Waals surface area contributed by atoms with Crippen molar-refractivity contribution in [2.45, 2.75) is 24.2 Å². The minimum Gasteiger partial charge on any atom is -0.468 e. The second-order valence-electron chi connectivity index (χ2n) is 6.19. The molecule has 2 aromatic rings. The third kappa shape index (κ3) is 3.10. The van der Waals surface area contributed by atoms with Gasteiger partial charge in [0.1, 0.15) is 5.76 Å². The number of carbonyl (C=O) groups excluding carboxylic acids is 1. The molecule has 1 aromatic carbocycles. The number of benzene rings is 1. The van der Waals surface area contributed by atoms with Gasteiger partial charge in [0.15, 0.2) is 6.10 Å². The molecule has 5 heteroatoms. The van der Waals surface area contributed by atoms with Crippen molar-refractivity contribution in [1.29, 1.82) is 0 Å². The molecule has 0 bridgehead atoms. The Kier molecular flexibility index (Phi) is 4.63. The van der Waals surface area contributed by atoms with E-state index in [1.807, 2.05) is 47.0 Å². The van der Waals surface area contributed by atoms with Crippen LogP contribution in [0.3, 0.4) is 0 Å². The molecule has 1 saturated heterocycles. The maximum absolute atomic E-state index is 13.0. The van der Waals surface area contributed by atoms with Crippen LogP contribution in [0, 0.1) is 0 Å². The molecule has 0 spiro atoms. The Labute approximate surface area is 146 Å². The second kappa shape index (κ2) is 7.03. The first-order chi connectivity index (χ1) is 11.8. The van der Waals surface area contributed by atoms with E-state index in [0.29, 0.717) is 11.9 Å². The summed E-state index contributed by atoms with van der Waals surface area (Å²) in [7, 11) is 0. The first-order valence-electron chi connectivity index (χ1n) is 8.46. The Bertz CT molecular complexity index is 700. The lowest BCUT2D eigenvalue weighted by atomic mass is 9.97. The molecule has 126 valence electrons. The van der Waals surface area contributed by atoms with Crippen molar-refractivity contribution in [3.8, 4) is 0 Å². The number of rotatable bonds is 2. The average Bonchev–Trinajstić information content (AvgIpc) is 3.05. The lowest BCUT2D eigenvalue weighted by Crippen LogP contribution is -2.39. The molecular weight excluding hydrogens is 322 g/mol. The fraction of sp³-hybridized carbons (Fsp3) is 0.421. The molecule has 1 amide bonds. The Morgan fingerprint density at radius 1 is 1.17 bits per heavy atom. The summed E-state index contributed by atoms with van der Waals surface area (Å²) in [4.78, 5) is 15.0. The van der Waals surface area contributed by atoms with Crippen LogP contribution in [-0.2, 0) is 16.0 Å². The van der Waals surface area contributed by atoms with E-state index in [-0.39, 0.29) is 5.91 Å². The molecule has 1 fully saturated rings. The summed E-state index contributed by atoms with van der Waals surface area (Å²) >= 11 is 1.87. The monoisotopic (exact) mass is 343 g/mol. The molecule has 2 atom stereocenters. The highest BCUT2D eigenvalue weighted by molar-refractivity contribution is 7.99. The van der Waals surface area contributed by atoms with E-state index < -0.39 is 6.10 Å². The summed E-state index contributed by atoms with van der Waals surface area (Å²) in [5, 5.41) is 0.331. The van der Waals surface area contributed by atoms with Gasteiger partial charge in [0.2, 0.25) is 0 Å². The number of thioether (sulfide) groups is 1. The molecule has 4 rings (SSSR count). The first kappa shape index (κ1) is 15.8. The Morgan fingerprint density at radius 3 is 2.96 bits per heavy atom. The van der Waals surface area contributed by atoms with Crippen molar-refractivity contribution in [3.05, 3.63) is 59.5 Å². The van der Waals surface area contributed by atoms with E-state index in [0.717, 1.165) is 43.0 Å². The van der Waals surface area contributed by atoms with Gasteiger partial charge >= 0.3 is 0 Å². The van der Waals surface area contributed by atoms with Crippen LogP contribution in [0.5, 0.6) is 0 Å². The van der Waals surface area contributed by atoms with Gasteiger partial charge in [0, 0.05) is 18.8 Å². The quantitative estimate of drug-likeness (QED) is 0.836. The maximum Gasteiger partial charge on any atom is 0.256 e. The molecule has 0 saturated carbocycles. The number of nitrogens with zero attached hydrogens (tertiary/aromatic N) is 1. The van der Waals surface area contributed by atoms with Gasteiger partial charge in [0.05, 0.1) is 18.1 Å². The van der Waals surface area contributed by atoms with E-state index in [1.165, 1.54) is 5.56 Å². The number of amides is 1.